The number of rotatable bonds is 4. The predicted molar refractivity (Wildman–Crippen MR) is 97.5 cm³/mol. The fourth-order valence-electron chi connectivity index (χ4n) is 3.61. The van der Waals surface area contributed by atoms with E-state index in [-0.39, 0.29) is 11.9 Å². The van der Waals surface area contributed by atoms with Crippen molar-refractivity contribution in [3.05, 3.63) is 58.7 Å². The smallest absolute Gasteiger partial charge is 0.251 e. The van der Waals surface area contributed by atoms with Crippen LogP contribution in [0, 0.1) is 0 Å². The van der Waals surface area contributed by atoms with Gasteiger partial charge < -0.3 is 5.32 Å². The number of aryl methyl sites for hydroxylation is 2. The lowest BCUT2D eigenvalue weighted by atomic mass is 9.88. The molecule has 0 saturated heterocycles. The lowest BCUT2D eigenvalue weighted by molar-refractivity contribution is 0.0935. The number of carbonyl (C=O) groups excluding carboxylic acids is 1. The Kier molecular flexibility index (Phi) is 4.22. The Bertz CT molecular complexity index is 915. The zero-order chi connectivity index (χ0) is 17.2. The van der Waals surface area contributed by atoms with Crippen LogP contribution in [-0.4, -0.2) is 21.3 Å². The Morgan fingerprint density at radius 1 is 1.08 bits per heavy atom. The molecule has 128 valence electrons. The summed E-state index contributed by atoms with van der Waals surface area (Å²) >= 11 is 0. The first-order valence-corrected chi connectivity index (χ1v) is 8.97. The van der Waals surface area contributed by atoms with E-state index in [9.17, 15) is 4.79 Å². The molecule has 0 aliphatic heterocycles. The van der Waals surface area contributed by atoms with E-state index < -0.39 is 0 Å². The highest BCUT2D eigenvalue weighted by Crippen LogP contribution is 2.26. The van der Waals surface area contributed by atoms with Crippen molar-refractivity contribution in [2.75, 3.05) is 0 Å². The van der Waals surface area contributed by atoms with Crippen molar-refractivity contribution >= 4 is 16.9 Å². The number of nitrogens with zero attached hydrogens (tertiary/aromatic N) is 2. The number of hydrogen-bond acceptors (Lipinski definition) is 3. The largest absolute Gasteiger partial charge is 0.345 e. The minimum absolute atomic E-state index is 0.0210. The van der Waals surface area contributed by atoms with E-state index in [0.29, 0.717) is 11.1 Å². The molecule has 5 nitrogen and oxygen atoms in total. The summed E-state index contributed by atoms with van der Waals surface area (Å²) in [7, 11) is 0. The molecule has 1 unspecified atom stereocenters. The number of fused-ring (bicyclic) bond motifs is 2. The molecule has 1 heterocycles. The summed E-state index contributed by atoms with van der Waals surface area (Å²) < 4.78 is 0. The number of nitrogens with one attached hydrogen (secondary N) is 2. The van der Waals surface area contributed by atoms with Crippen molar-refractivity contribution < 1.29 is 4.79 Å². The van der Waals surface area contributed by atoms with E-state index in [1.165, 1.54) is 36.0 Å². The van der Waals surface area contributed by atoms with Crippen LogP contribution in [0.4, 0.5) is 0 Å². The number of carbonyl (C=O) groups is 1. The lowest BCUT2D eigenvalue weighted by Crippen LogP contribution is -2.28. The van der Waals surface area contributed by atoms with Gasteiger partial charge in [0.25, 0.3) is 5.91 Å². The first-order valence-electron chi connectivity index (χ1n) is 8.97. The van der Waals surface area contributed by atoms with Gasteiger partial charge in [-0.1, -0.05) is 25.1 Å². The molecule has 25 heavy (non-hydrogen) atoms. The summed E-state index contributed by atoms with van der Waals surface area (Å²) in [5.41, 5.74) is 6.18. The molecular formula is C20H22N4O. The van der Waals surface area contributed by atoms with Gasteiger partial charge in [0.15, 0.2) is 0 Å². The van der Waals surface area contributed by atoms with Crippen LogP contribution < -0.4 is 5.32 Å². The topological polar surface area (TPSA) is 70.7 Å². The van der Waals surface area contributed by atoms with Crippen molar-refractivity contribution in [1.82, 2.24) is 20.7 Å². The summed E-state index contributed by atoms with van der Waals surface area (Å²) in [6.45, 7) is 2.10. The van der Waals surface area contributed by atoms with Gasteiger partial charge in [-0.3, -0.25) is 4.79 Å². The fraction of sp³-hybridized carbons (Fsp3) is 0.350. The summed E-state index contributed by atoms with van der Waals surface area (Å²) in [4.78, 5) is 12.7. The lowest BCUT2D eigenvalue weighted by Gasteiger charge is -2.21. The van der Waals surface area contributed by atoms with E-state index in [1.54, 1.807) is 12.1 Å². The quantitative estimate of drug-likeness (QED) is 0.764. The summed E-state index contributed by atoms with van der Waals surface area (Å²) in [6, 6.07) is 12.1. The first-order chi connectivity index (χ1) is 12.2. The van der Waals surface area contributed by atoms with Gasteiger partial charge in [0.1, 0.15) is 11.0 Å². The third-order valence-corrected chi connectivity index (χ3v) is 5.07. The third kappa shape index (κ3) is 3.14. The maximum atomic E-state index is 12.7. The van der Waals surface area contributed by atoms with Crippen molar-refractivity contribution in [2.24, 2.45) is 0 Å². The molecule has 3 aromatic rings. The van der Waals surface area contributed by atoms with Crippen LogP contribution in [0.1, 0.15) is 59.3 Å². The molecule has 1 aliphatic rings. The minimum atomic E-state index is -0.0746. The summed E-state index contributed by atoms with van der Waals surface area (Å²) in [5, 5.41) is 13.8. The van der Waals surface area contributed by atoms with Crippen LogP contribution in [0.15, 0.2) is 36.4 Å². The van der Waals surface area contributed by atoms with Gasteiger partial charge in [0.2, 0.25) is 0 Å². The molecular weight excluding hydrogens is 312 g/mol. The monoisotopic (exact) mass is 334 g/mol. The number of aromatic amines is 1. The van der Waals surface area contributed by atoms with Crippen molar-refractivity contribution in [1.29, 1.82) is 0 Å². The van der Waals surface area contributed by atoms with Crippen LogP contribution >= 0.6 is 0 Å². The fourth-order valence-corrected chi connectivity index (χ4v) is 3.61. The van der Waals surface area contributed by atoms with Crippen LogP contribution in [0.2, 0.25) is 0 Å². The van der Waals surface area contributed by atoms with Gasteiger partial charge in [-0.05, 0) is 67.0 Å². The number of H-pyrrole nitrogens is 1. The van der Waals surface area contributed by atoms with Crippen LogP contribution in [0.5, 0.6) is 0 Å². The second-order valence-electron chi connectivity index (χ2n) is 6.70. The van der Waals surface area contributed by atoms with E-state index in [2.05, 4.69) is 45.9 Å². The van der Waals surface area contributed by atoms with Crippen LogP contribution in [0.25, 0.3) is 11.0 Å². The summed E-state index contributed by atoms with van der Waals surface area (Å²) in [5.74, 6) is -0.0746. The molecule has 5 heteroatoms. The molecule has 2 N–H and O–H groups in total. The van der Waals surface area contributed by atoms with Gasteiger partial charge in [-0.25, -0.2) is 0 Å². The standard InChI is InChI=1S/C20H22N4O/c1-2-17(15-8-7-13-5-3-4-6-14(13)11-15)21-20(25)16-9-10-18-19(12-16)23-24-22-18/h7-12,17H,2-6H2,1H3,(H,21,25)(H,22,23,24). The third-order valence-electron chi connectivity index (χ3n) is 5.07. The highest BCUT2D eigenvalue weighted by Gasteiger charge is 2.17. The van der Waals surface area contributed by atoms with Gasteiger partial charge in [0, 0.05) is 5.56 Å². The number of aromatic nitrogens is 3. The molecule has 0 fully saturated rings. The van der Waals surface area contributed by atoms with Crippen molar-refractivity contribution in [3.63, 3.8) is 0 Å². The molecule has 1 amide bonds. The molecule has 4 rings (SSSR count). The molecule has 0 spiro atoms. The highest BCUT2D eigenvalue weighted by atomic mass is 16.1. The van der Waals surface area contributed by atoms with E-state index in [0.717, 1.165) is 18.4 Å². The molecule has 1 aromatic heterocycles. The Morgan fingerprint density at radius 2 is 1.88 bits per heavy atom. The number of amides is 1. The van der Waals surface area contributed by atoms with Crippen molar-refractivity contribution in [3.8, 4) is 0 Å². The second kappa shape index (κ2) is 6.67. The van der Waals surface area contributed by atoms with Gasteiger partial charge in [0.05, 0.1) is 6.04 Å². The average Bonchev–Trinajstić information content (AvgIpc) is 3.13. The average molecular weight is 334 g/mol. The van der Waals surface area contributed by atoms with E-state index in [1.807, 2.05) is 6.07 Å². The van der Waals surface area contributed by atoms with Crippen molar-refractivity contribution in [2.45, 2.75) is 45.1 Å². The Hall–Kier alpha value is -2.69. The molecule has 0 radical (unpaired) electrons. The minimum Gasteiger partial charge on any atom is -0.345 e. The molecule has 0 saturated carbocycles. The van der Waals surface area contributed by atoms with Gasteiger partial charge >= 0.3 is 0 Å². The van der Waals surface area contributed by atoms with Gasteiger partial charge in [-0.2, -0.15) is 15.4 Å². The molecule has 1 aliphatic carbocycles. The normalized spacial score (nSPS) is 14.9. The predicted octanol–water partition coefficient (Wildman–Crippen LogP) is 3.72. The summed E-state index contributed by atoms with van der Waals surface area (Å²) in [6.07, 6.45) is 5.73. The zero-order valence-corrected chi connectivity index (χ0v) is 14.4. The Morgan fingerprint density at radius 3 is 2.72 bits per heavy atom. The SMILES string of the molecule is CCC(NC(=O)c1ccc2n[nH]nc2c1)c1ccc2c(c1)CCCC2. The van der Waals surface area contributed by atoms with Crippen LogP contribution in [-0.2, 0) is 12.8 Å². The maximum absolute atomic E-state index is 12.7. The first kappa shape index (κ1) is 15.8. The zero-order valence-electron chi connectivity index (χ0n) is 14.4. The number of hydrogen-bond donors (Lipinski definition) is 2. The van der Waals surface area contributed by atoms with Crippen LogP contribution in [0.3, 0.4) is 0 Å². The molecule has 2 aromatic carbocycles. The van der Waals surface area contributed by atoms with Gasteiger partial charge in [-0.15, -0.1) is 0 Å². The maximum Gasteiger partial charge on any atom is 0.251 e. The number of benzene rings is 2. The van der Waals surface area contributed by atoms with E-state index >= 15 is 0 Å². The molecule has 0 bridgehead atoms. The Labute approximate surface area is 146 Å². The second-order valence-corrected chi connectivity index (χ2v) is 6.70. The highest BCUT2D eigenvalue weighted by molar-refractivity contribution is 5.97. The molecule has 1 atom stereocenters. The van der Waals surface area contributed by atoms with E-state index in [4.69, 9.17) is 0 Å². The Balaban J connectivity index is 1.55.